The Bertz CT molecular complexity index is 513. The van der Waals surface area contributed by atoms with Gasteiger partial charge in [-0.25, -0.2) is 0 Å². The first-order chi connectivity index (χ1) is 9.97. The lowest BCUT2D eigenvalue weighted by atomic mass is 10.1. The van der Waals surface area contributed by atoms with Gasteiger partial charge in [0.2, 0.25) is 11.8 Å². The lowest BCUT2D eigenvalue weighted by Gasteiger charge is -2.22. The van der Waals surface area contributed by atoms with Gasteiger partial charge in [0, 0.05) is 51.5 Å². The number of hydrogen-bond donors (Lipinski definition) is 1. The number of carbonyl (C=O) groups excluding carboxylic acids is 2. The molecule has 116 valence electrons. The fourth-order valence-electron chi connectivity index (χ4n) is 2.62. The third-order valence-electron chi connectivity index (χ3n) is 4.00. The third kappa shape index (κ3) is 4.04. The van der Waals surface area contributed by atoms with Gasteiger partial charge in [0.05, 0.1) is 5.92 Å². The van der Waals surface area contributed by atoms with Crippen LogP contribution in [0.4, 0.5) is 0 Å². The maximum atomic E-state index is 12.4. The molecule has 0 aromatic carbocycles. The molecule has 7 nitrogen and oxygen atoms in total. The van der Waals surface area contributed by atoms with Crippen molar-refractivity contribution in [2.45, 2.75) is 12.8 Å². The van der Waals surface area contributed by atoms with Gasteiger partial charge in [-0.3, -0.25) is 14.3 Å². The largest absolute Gasteiger partial charge is 0.369 e. The van der Waals surface area contributed by atoms with Crippen LogP contribution < -0.4 is 5.73 Å². The maximum absolute atomic E-state index is 12.4. The normalized spacial score (nSPS) is 20.3. The van der Waals surface area contributed by atoms with Crippen LogP contribution in [0.2, 0.25) is 0 Å². The van der Waals surface area contributed by atoms with Crippen molar-refractivity contribution < 1.29 is 9.59 Å². The van der Waals surface area contributed by atoms with Crippen LogP contribution in [0, 0.1) is 5.92 Å². The molecule has 1 atom stereocenters. The Morgan fingerprint density at radius 1 is 1.33 bits per heavy atom. The van der Waals surface area contributed by atoms with Crippen LogP contribution in [0.1, 0.15) is 12.1 Å². The Morgan fingerprint density at radius 3 is 2.71 bits per heavy atom. The van der Waals surface area contributed by atoms with Gasteiger partial charge in [0.15, 0.2) is 0 Å². The van der Waals surface area contributed by atoms with E-state index in [0.29, 0.717) is 32.5 Å². The number of rotatable bonds is 4. The van der Waals surface area contributed by atoms with Crippen molar-refractivity contribution in [1.82, 2.24) is 19.6 Å². The zero-order valence-corrected chi connectivity index (χ0v) is 12.7. The van der Waals surface area contributed by atoms with E-state index in [4.69, 9.17) is 5.73 Å². The Balaban J connectivity index is 1.94. The molecule has 0 radical (unpaired) electrons. The van der Waals surface area contributed by atoms with Crippen LogP contribution in [-0.2, 0) is 23.1 Å². The minimum atomic E-state index is -0.340. The Morgan fingerprint density at radius 2 is 2.10 bits per heavy atom. The van der Waals surface area contributed by atoms with Gasteiger partial charge in [-0.2, -0.15) is 5.10 Å². The molecular weight excluding hydrogens is 270 g/mol. The smallest absolute Gasteiger partial charge is 0.223 e. The predicted octanol–water partition coefficient (Wildman–Crippen LogP) is -0.772. The third-order valence-corrected chi connectivity index (χ3v) is 4.00. The second-order valence-electron chi connectivity index (χ2n) is 5.65. The highest BCUT2D eigenvalue weighted by molar-refractivity contribution is 5.80. The van der Waals surface area contributed by atoms with Crippen LogP contribution in [0.5, 0.6) is 0 Å². The van der Waals surface area contributed by atoms with E-state index in [0.717, 1.165) is 12.2 Å². The monoisotopic (exact) mass is 293 g/mol. The summed E-state index contributed by atoms with van der Waals surface area (Å²) in [4.78, 5) is 27.6. The van der Waals surface area contributed by atoms with Gasteiger partial charge in [-0.05, 0) is 19.5 Å². The van der Waals surface area contributed by atoms with E-state index in [9.17, 15) is 9.59 Å². The van der Waals surface area contributed by atoms with E-state index in [1.165, 1.54) is 0 Å². The van der Waals surface area contributed by atoms with E-state index in [2.05, 4.69) is 5.10 Å². The highest BCUT2D eigenvalue weighted by atomic mass is 16.2. The van der Waals surface area contributed by atoms with Gasteiger partial charge < -0.3 is 15.5 Å². The first-order valence-corrected chi connectivity index (χ1v) is 7.20. The standard InChI is InChI=1S/C14H23N5O2/c1-17-7-8-19(10-11(9-17)14(15)21)13(20)4-3-12-5-6-16-18(12)2/h5-6,11H,3-4,7-10H2,1-2H3,(H2,15,21)/t11-/m0/s1. The lowest BCUT2D eigenvalue weighted by molar-refractivity contribution is -0.132. The fraction of sp³-hybridized carbons (Fsp3) is 0.643. The summed E-state index contributed by atoms with van der Waals surface area (Å²) >= 11 is 0. The molecule has 1 saturated heterocycles. The maximum Gasteiger partial charge on any atom is 0.223 e. The number of carbonyl (C=O) groups is 2. The minimum absolute atomic E-state index is 0.0674. The summed E-state index contributed by atoms with van der Waals surface area (Å²) in [5.41, 5.74) is 6.45. The SMILES string of the molecule is CN1CCN(C(=O)CCc2ccnn2C)C[C@@H](C(N)=O)C1. The molecule has 21 heavy (non-hydrogen) atoms. The molecule has 0 aliphatic carbocycles. The zero-order valence-electron chi connectivity index (χ0n) is 12.7. The molecule has 2 heterocycles. The summed E-state index contributed by atoms with van der Waals surface area (Å²) in [5, 5.41) is 4.09. The van der Waals surface area contributed by atoms with Crippen LogP contribution in [0.3, 0.4) is 0 Å². The highest BCUT2D eigenvalue weighted by Gasteiger charge is 2.27. The molecule has 2 rings (SSSR count). The second kappa shape index (κ2) is 6.71. The van der Waals surface area contributed by atoms with E-state index < -0.39 is 0 Å². The Labute approximate surface area is 124 Å². The molecule has 0 unspecified atom stereocenters. The number of aryl methyl sites for hydroxylation is 2. The number of hydrogen-bond acceptors (Lipinski definition) is 4. The summed E-state index contributed by atoms with van der Waals surface area (Å²) in [6.07, 6.45) is 2.81. The number of aromatic nitrogens is 2. The quantitative estimate of drug-likeness (QED) is 0.790. The van der Waals surface area contributed by atoms with E-state index in [1.807, 2.05) is 25.1 Å². The van der Waals surface area contributed by atoms with Gasteiger partial charge in [-0.1, -0.05) is 0 Å². The number of likely N-dealkylation sites (N-methyl/N-ethyl adjacent to an activating group) is 1. The van der Waals surface area contributed by atoms with Crippen LogP contribution in [-0.4, -0.2) is 64.6 Å². The Hall–Kier alpha value is -1.89. The number of nitrogens with two attached hydrogens (primary N) is 1. The predicted molar refractivity (Wildman–Crippen MR) is 78.3 cm³/mol. The zero-order chi connectivity index (χ0) is 15.4. The summed E-state index contributed by atoms with van der Waals surface area (Å²) in [6, 6.07) is 1.91. The van der Waals surface area contributed by atoms with Crippen molar-refractivity contribution in [2.24, 2.45) is 18.7 Å². The molecule has 2 amide bonds. The second-order valence-corrected chi connectivity index (χ2v) is 5.65. The van der Waals surface area contributed by atoms with Crippen molar-refractivity contribution in [3.05, 3.63) is 18.0 Å². The topological polar surface area (TPSA) is 84.5 Å². The average Bonchev–Trinajstić information content (AvgIpc) is 2.72. The summed E-state index contributed by atoms with van der Waals surface area (Å²) < 4.78 is 1.77. The molecule has 1 aliphatic heterocycles. The van der Waals surface area contributed by atoms with Gasteiger partial charge >= 0.3 is 0 Å². The summed E-state index contributed by atoms with van der Waals surface area (Å²) in [7, 11) is 3.81. The number of nitrogens with zero attached hydrogens (tertiary/aromatic N) is 4. The molecule has 1 aromatic rings. The first-order valence-electron chi connectivity index (χ1n) is 7.20. The molecule has 0 bridgehead atoms. The minimum Gasteiger partial charge on any atom is -0.369 e. The van der Waals surface area contributed by atoms with Crippen molar-refractivity contribution >= 4 is 11.8 Å². The van der Waals surface area contributed by atoms with Gasteiger partial charge in [-0.15, -0.1) is 0 Å². The average molecular weight is 293 g/mol. The molecule has 0 spiro atoms. The fourth-order valence-corrected chi connectivity index (χ4v) is 2.62. The van der Waals surface area contributed by atoms with Crippen molar-refractivity contribution in [3.8, 4) is 0 Å². The summed E-state index contributed by atoms with van der Waals surface area (Å²) in [6.45, 7) is 2.44. The molecule has 2 N–H and O–H groups in total. The lowest BCUT2D eigenvalue weighted by Crippen LogP contribution is -2.40. The molecule has 1 fully saturated rings. The summed E-state index contributed by atoms with van der Waals surface area (Å²) in [5.74, 6) is -0.566. The van der Waals surface area contributed by atoms with Gasteiger partial charge in [0.25, 0.3) is 0 Å². The number of primary amides is 1. The van der Waals surface area contributed by atoms with E-state index in [-0.39, 0.29) is 17.7 Å². The van der Waals surface area contributed by atoms with Crippen LogP contribution in [0.15, 0.2) is 12.3 Å². The van der Waals surface area contributed by atoms with Crippen LogP contribution in [0.25, 0.3) is 0 Å². The van der Waals surface area contributed by atoms with E-state index in [1.54, 1.807) is 15.8 Å². The molecule has 1 aliphatic rings. The van der Waals surface area contributed by atoms with Crippen molar-refractivity contribution in [2.75, 3.05) is 33.2 Å². The Kier molecular flexibility index (Phi) is 4.95. The number of amides is 2. The van der Waals surface area contributed by atoms with E-state index >= 15 is 0 Å². The van der Waals surface area contributed by atoms with Crippen molar-refractivity contribution in [3.63, 3.8) is 0 Å². The van der Waals surface area contributed by atoms with Crippen molar-refractivity contribution in [1.29, 1.82) is 0 Å². The van der Waals surface area contributed by atoms with Crippen LogP contribution >= 0.6 is 0 Å². The molecular formula is C14H23N5O2. The highest BCUT2D eigenvalue weighted by Crippen LogP contribution is 2.11. The first kappa shape index (κ1) is 15.5. The molecule has 1 aromatic heterocycles. The van der Waals surface area contributed by atoms with Gasteiger partial charge in [0.1, 0.15) is 0 Å². The molecule has 7 heteroatoms. The molecule has 0 saturated carbocycles.